The summed E-state index contributed by atoms with van der Waals surface area (Å²) in [7, 11) is -3.67. The maximum Gasteiger partial charge on any atom is 0.256 e. The molecular formula is C5H9N3O2S. The Kier molecular flexibility index (Phi) is 1.61. The smallest absolute Gasteiger partial charge is 0.256 e. The third kappa shape index (κ3) is 1.84. The van der Waals surface area contributed by atoms with E-state index in [2.05, 4.69) is 9.98 Å². The maximum atomic E-state index is 10.7. The lowest BCUT2D eigenvalue weighted by molar-refractivity contribution is 0.566. The summed E-state index contributed by atoms with van der Waals surface area (Å²) in [6.45, 7) is 3.39. The van der Waals surface area contributed by atoms with Crippen molar-refractivity contribution < 1.29 is 8.42 Å². The Bertz CT molecular complexity index is 326. The summed E-state index contributed by atoms with van der Waals surface area (Å²) in [5.74, 6) is 0. The lowest BCUT2D eigenvalue weighted by Gasteiger charge is -2.06. The van der Waals surface area contributed by atoms with Gasteiger partial charge in [-0.15, -0.1) is 0 Å². The van der Waals surface area contributed by atoms with E-state index in [1.165, 1.54) is 6.21 Å². The van der Waals surface area contributed by atoms with Gasteiger partial charge in [-0.25, -0.2) is 18.5 Å². The van der Waals surface area contributed by atoms with Gasteiger partial charge in [0.15, 0.2) is 5.04 Å². The normalized spacial score (nSPS) is 21.9. The summed E-state index contributed by atoms with van der Waals surface area (Å²) in [4.78, 5) is 7.60. The average Bonchev–Trinajstić information content (AvgIpc) is 2.07. The van der Waals surface area contributed by atoms with E-state index in [1.807, 2.05) is 0 Å². The van der Waals surface area contributed by atoms with Crippen LogP contribution in [0.5, 0.6) is 0 Å². The Morgan fingerprint density at radius 3 is 2.27 bits per heavy atom. The number of hydrogen-bond donors (Lipinski definition) is 1. The zero-order valence-corrected chi connectivity index (χ0v) is 7.09. The highest BCUT2D eigenvalue weighted by molar-refractivity contribution is 8.06. The number of aliphatic imine (C=N–C) groups is 2. The predicted octanol–water partition coefficient (Wildman–Crippen LogP) is -0.506. The molecule has 0 radical (unpaired) electrons. The quantitative estimate of drug-likeness (QED) is 0.538. The first kappa shape index (κ1) is 8.35. The third-order valence-electron chi connectivity index (χ3n) is 1.17. The molecule has 1 aliphatic heterocycles. The largest absolute Gasteiger partial charge is 0.261 e. The molecule has 0 fully saturated rings. The van der Waals surface area contributed by atoms with E-state index in [-0.39, 0.29) is 5.04 Å². The molecule has 0 aliphatic carbocycles. The number of sulfonamides is 1. The summed E-state index contributed by atoms with van der Waals surface area (Å²) in [6.07, 6.45) is 1.18. The van der Waals surface area contributed by atoms with Crippen LogP contribution in [0.3, 0.4) is 0 Å². The minimum Gasteiger partial charge on any atom is -0.261 e. The second-order valence-electron chi connectivity index (χ2n) is 2.75. The van der Waals surface area contributed by atoms with Crippen LogP contribution in [0.4, 0.5) is 0 Å². The van der Waals surface area contributed by atoms with Gasteiger partial charge < -0.3 is 0 Å². The van der Waals surface area contributed by atoms with E-state index in [0.717, 1.165) is 0 Å². The van der Waals surface area contributed by atoms with Crippen LogP contribution in [-0.2, 0) is 10.0 Å². The molecular weight excluding hydrogens is 166 g/mol. The van der Waals surface area contributed by atoms with Gasteiger partial charge in [-0.2, -0.15) is 0 Å². The van der Waals surface area contributed by atoms with Crippen molar-refractivity contribution in [2.75, 3.05) is 0 Å². The molecule has 0 aromatic carbocycles. The molecule has 0 saturated carbocycles. The van der Waals surface area contributed by atoms with Crippen molar-refractivity contribution in [1.82, 2.24) is 0 Å². The molecule has 0 amide bonds. The third-order valence-corrected chi connectivity index (χ3v) is 1.95. The minimum atomic E-state index is -3.67. The van der Waals surface area contributed by atoms with Crippen LogP contribution in [0.2, 0.25) is 0 Å². The standard InChI is InChI=1S/C5H9N3O2S/c1-5(2)7-3-4(8-5)11(6,9)10/h3H,1-2H3,(H2,6,9,10). The molecule has 0 bridgehead atoms. The first-order chi connectivity index (χ1) is 4.81. The molecule has 6 heteroatoms. The fourth-order valence-corrected chi connectivity index (χ4v) is 1.23. The van der Waals surface area contributed by atoms with Crippen molar-refractivity contribution in [2.24, 2.45) is 15.1 Å². The van der Waals surface area contributed by atoms with Gasteiger partial charge in [0.25, 0.3) is 10.0 Å². The lowest BCUT2D eigenvalue weighted by atomic mass is 10.3. The van der Waals surface area contributed by atoms with Crippen molar-refractivity contribution in [3.8, 4) is 0 Å². The van der Waals surface area contributed by atoms with Crippen LogP contribution in [0.1, 0.15) is 13.8 Å². The highest BCUT2D eigenvalue weighted by Crippen LogP contribution is 2.15. The summed E-state index contributed by atoms with van der Waals surface area (Å²) < 4.78 is 21.4. The Balaban J connectivity index is 3.09. The van der Waals surface area contributed by atoms with Gasteiger partial charge in [-0.1, -0.05) is 0 Å². The van der Waals surface area contributed by atoms with Gasteiger partial charge >= 0.3 is 0 Å². The Morgan fingerprint density at radius 2 is 2.09 bits per heavy atom. The highest BCUT2D eigenvalue weighted by Gasteiger charge is 2.25. The zero-order chi connectivity index (χ0) is 8.70. The van der Waals surface area contributed by atoms with Gasteiger partial charge in [0, 0.05) is 0 Å². The fraction of sp³-hybridized carbons (Fsp3) is 0.600. The van der Waals surface area contributed by atoms with Crippen LogP contribution in [0.15, 0.2) is 9.98 Å². The Hall–Kier alpha value is -0.750. The summed E-state index contributed by atoms with van der Waals surface area (Å²) in [5.41, 5.74) is -0.679. The molecule has 5 nitrogen and oxygen atoms in total. The summed E-state index contributed by atoms with van der Waals surface area (Å²) in [6, 6.07) is 0. The van der Waals surface area contributed by atoms with Gasteiger partial charge in [0.1, 0.15) is 5.66 Å². The Labute approximate surface area is 65.1 Å². The van der Waals surface area contributed by atoms with Crippen molar-refractivity contribution in [3.63, 3.8) is 0 Å². The topological polar surface area (TPSA) is 84.9 Å². The van der Waals surface area contributed by atoms with E-state index in [9.17, 15) is 8.42 Å². The number of primary sulfonamides is 1. The molecule has 0 saturated heterocycles. The molecule has 0 aromatic rings. The lowest BCUT2D eigenvalue weighted by Crippen LogP contribution is -2.23. The monoisotopic (exact) mass is 175 g/mol. The van der Waals surface area contributed by atoms with Gasteiger partial charge in [-0.3, -0.25) is 4.99 Å². The second-order valence-corrected chi connectivity index (χ2v) is 4.26. The van der Waals surface area contributed by atoms with Crippen LogP contribution in [0.25, 0.3) is 0 Å². The second kappa shape index (κ2) is 2.12. The van der Waals surface area contributed by atoms with Crippen LogP contribution >= 0.6 is 0 Å². The van der Waals surface area contributed by atoms with Gasteiger partial charge in [-0.05, 0) is 13.8 Å². The first-order valence-corrected chi connectivity index (χ1v) is 4.54. The molecule has 1 heterocycles. The number of hydrogen-bond acceptors (Lipinski definition) is 4. The molecule has 0 aromatic heterocycles. The molecule has 11 heavy (non-hydrogen) atoms. The van der Waals surface area contributed by atoms with Crippen molar-refractivity contribution in [3.05, 3.63) is 0 Å². The van der Waals surface area contributed by atoms with Gasteiger partial charge in [0.2, 0.25) is 0 Å². The van der Waals surface area contributed by atoms with E-state index in [4.69, 9.17) is 5.14 Å². The summed E-state index contributed by atoms with van der Waals surface area (Å²) >= 11 is 0. The maximum absolute atomic E-state index is 10.7. The van der Waals surface area contributed by atoms with E-state index < -0.39 is 15.7 Å². The highest BCUT2D eigenvalue weighted by atomic mass is 32.2. The molecule has 0 unspecified atom stereocenters. The molecule has 1 aliphatic rings. The zero-order valence-electron chi connectivity index (χ0n) is 6.27. The number of nitrogens with zero attached hydrogens (tertiary/aromatic N) is 2. The van der Waals surface area contributed by atoms with E-state index >= 15 is 0 Å². The number of nitrogens with two attached hydrogens (primary N) is 1. The molecule has 0 atom stereocenters. The first-order valence-electron chi connectivity index (χ1n) is 2.99. The fourth-order valence-electron chi connectivity index (χ4n) is 0.678. The predicted molar refractivity (Wildman–Crippen MR) is 43.1 cm³/mol. The Morgan fingerprint density at radius 1 is 1.55 bits per heavy atom. The molecule has 1 rings (SSSR count). The van der Waals surface area contributed by atoms with E-state index in [1.54, 1.807) is 13.8 Å². The van der Waals surface area contributed by atoms with E-state index in [0.29, 0.717) is 0 Å². The van der Waals surface area contributed by atoms with Crippen LogP contribution in [-0.4, -0.2) is 25.3 Å². The average molecular weight is 175 g/mol. The number of rotatable bonds is 0. The van der Waals surface area contributed by atoms with Crippen molar-refractivity contribution in [1.29, 1.82) is 0 Å². The molecule has 62 valence electrons. The van der Waals surface area contributed by atoms with Crippen molar-refractivity contribution in [2.45, 2.75) is 19.5 Å². The minimum absolute atomic E-state index is 0.150. The molecule has 2 N–H and O–H groups in total. The van der Waals surface area contributed by atoms with Gasteiger partial charge in [0.05, 0.1) is 6.21 Å². The van der Waals surface area contributed by atoms with Crippen LogP contribution in [0, 0.1) is 0 Å². The summed E-state index contributed by atoms with van der Waals surface area (Å²) in [5, 5.41) is 4.66. The SMILES string of the molecule is CC1(C)N=CC(S(N)(=O)=O)=N1. The van der Waals surface area contributed by atoms with Crippen LogP contribution < -0.4 is 5.14 Å². The van der Waals surface area contributed by atoms with Crippen molar-refractivity contribution >= 4 is 21.3 Å². The molecule has 0 spiro atoms.